The van der Waals surface area contributed by atoms with Gasteiger partial charge < -0.3 is 20.8 Å². The van der Waals surface area contributed by atoms with Crippen LogP contribution in [-0.4, -0.2) is 73.0 Å². The molecule has 0 aliphatic carbocycles. The van der Waals surface area contributed by atoms with Gasteiger partial charge in [-0.3, -0.25) is 9.69 Å². The standard InChI is InChI=1S/C24H51N3O3/c1-3-4-5-6-7-8-9-10-11-12-13-14-23(2)26-24(30)15-16-25-17-18-27(19-21-28)20-22-29/h23,25,28-29H,3-22H2,1-2H3,(H,26,30). The van der Waals surface area contributed by atoms with Crippen molar-refractivity contribution in [2.75, 3.05) is 45.9 Å². The van der Waals surface area contributed by atoms with Crippen molar-refractivity contribution in [3.05, 3.63) is 0 Å². The summed E-state index contributed by atoms with van der Waals surface area (Å²) in [6, 6.07) is 0.251. The number of aliphatic hydroxyl groups excluding tert-OH is 2. The van der Waals surface area contributed by atoms with Crippen molar-refractivity contribution in [1.82, 2.24) is 15.5 Å². The van der Waals surface area contributed by atoms with Crippen LogP contribution in [0.3, 0.4) is 0 Å². The highest BCUT2D eigenvalue weighted by Crippen LogP contribution is 2.12. The fourth-order valence-electron chi connectivity index (χ4n) is 3.72. The van der Waals surface area contributed by atoms with E-state index in [9.17, 15) is 4.79 Å². The molecule has 0 aromatic carbocycles. The van der Waals surface area contributed by atoms with Crippen LogP contribution in [0.2, 0.25) is 0 Å². The predicted molar refractivity (Wildman–Crippen MR) is 127 cm³/mol. The minimum Gasteiger partial charge on any atom is -0.395 e. The molecule has 30 heavy (non-hydrogen) atoms. The second-order valence-electron chi connectivity index (χ2n) is 8.58. The molecule has 0 aromatic rings. The van der Waals surface area contributed by atoms with Crippen LogP contribution in [0, 0.1) is 0 Å². The Morgan fingerprint density at radius 2 is 1.33 bits per heavy atom. The van der Waals surface area contributed by atoms with Crippen molar-refractivity contribution in [1.29, 1.82) is 0 Å². The van der Waals surface area contributed by atoms with E-state index in [4.69, 9.17) is 10.2 Å². The summed E-state index contributed by atoms with van der Waals surface area (Å²) in [6.45, 7) is 7.87. The van der Waals surface area contributed by atoms with Crippen LogP contribution >= 0.6 is 0 Å². The zero-order chi connectivity index (χ0) is 22.3. The third kappa shape index (κ3) is 20.6. The molecule has 0 heterocycles. The van der Waals surface area contributed by atoms with Gasteiger partial charge in [0, 0.05) is 45.2 Å². The maximum atomic E-state index is 12.0. The highest BCUT2D eigenvalue weighted by molar-refractivity contribution is 5.76. The number of carbonyl (C=O) groups excluding carboxylic acids is 1. The topological polar surface area (TPSA) is 84.8 Å². The number of nitrogens with one attached hydrogen (secondary N) is 2. The minimum absolute atomic E-state index is 0.0966. The van der Waals surface area contributed by atoms with Gasteiger partial charge in [-0.25, -0.2) is 0 Å². The first kappa shape index (κ1) is 29.3. The Morgan fingerprint density at radius 3 is 1.87 bits per heavy atom. The van der Waals surface area contributed by atoms with Gasteiger partial charge in [-0.1, -0.05) is 77.6 Å². The fraction of sp³-hybridized carbons (Fsp3) is 0.958. The summed E-state index contributed by atoms with van der Waals surface area (Å²) in [4.78, 5) is 14.0. The Labute approximate surface area is 186 Å². The molecule has 1 unspecified atom stereocenters. The maximum absolute atomic E-state index is 12.0. The van der Waals surface area contributed by atoms with Gasteiger partial charge in [-0.05, 0) is 13.3 Å². The molecule has 4 N–H and O–H groups in total. The largest absolute Gasteiger partial charge is 0.395 e. The Morgan fingerprint density at radius 1 is 0.800 bits per heavy atom. The zero-order valence-corrected chi connectivity index (χ0v) is 20.0. The Kier molecular flexibility index (Phi) is 22.5. The van der Waals surface area contributed by atoms with Crippen LogP contribution in [0.5, 0.6) is 0 Å². The van der Waals surface area contributed by atoms with E-state index in [1.165, 1.54) is 70.6 Å². The second-order valence-corrected chi connectivity index (χ2v) is 8.58. The molecule has 0 fully saturated rings. The SMILES string of the molecule is CCCCCCCCCCCCCC(C)NC(=O)CCNCCN(CCO)CCO. The van der Waals surface area contributed by atoms with Crippen LogP contribution in [0.15, 0.2) is 0 Å². The molecular weight excluding hydrogens is 378 g/mol. The van der Waals surface area contributed by atoms with E-state index in [0.717, 1.165) is 19.5 Å². The van der Waals surface area contributed by atoms with E-state index in [-0.39, 0.29) is 25.2 Å². The van der Waals surface area contributed by atoms with Crippen LogP contribution in [-0.2, 0) is 4.79 Å². The molecule has 180 valence electrons. The summed E-state index contributed by atoms with van der Waals surface area (Å²) < 4.78 is 0. The smallest absolute Gasteiger partial charge is 0.221 e. The first-order chi connectivity index (χ1) is 14.6. The maximum Gasteiger partial charge on any atom is 0.221 e. The summed E-state index contributed by atoms with van der Waals surface area (Å²) in [7, 11) is 0. The van der Waals surface area contributed by atoms with E-state index in [0.29, 0.717) is 26.1 Å². The summed E-state index contributed by atoms with van der Waals surface area (Å²) in [5.74, 6) is 0.112. The lowest BCUT2D eigenvalue weighted by Gasteiger charge is -2.20. The zero-order valence-electron chi connectivity index (χ0n) is 20.0. The van der Waals surface area contributed by atoms with Gasteiger partial charge in [-0.15, -0.1) is 0 Å². The van der Waals surface area contributed by atoms with Crippen LogP contribution < -0.4 is 10.6 Å². The molecule has 1 amide bonds. The first-order valence-electron chi connectivity index (χ1n) is 12.6. The summed E-state index contributed by atoms with van der Waals surface area (Å²) >= 11 is 0. The van der Waals surface area contributed by atoms with Crippen molar-refractivity contribution in [3.8, 4) is 0 Å². The van der Waals surface area contributed by atoms with Crippen LogP contribution in [0.25, 0.3) is 0 Å². The molecule has 1 atom stereocenters. The summed E-state index contributed by atoms with van der Waals surface area (Å²) in [6.07, 6.45) is 16.4. The molecule has 0 bridgehead atoms. The number of carbonyl (C=O) groups is 1. The van der Waals surface area contributed by atoms with E-state index >= 15 is 0 Å². The fourth-order valence-corrected chi connectivity index (χ4v) is 3.72. The van der Waals surface area contributed by atoms with Crippen molar-refractivity contribution in [2.24, 2.45) is 0 Å². The molecule has 0 aromatic heterocycles. The molecule has 0 saturated heterocycles. The van der Waals surface area contributed by atoms with Crippen molar-refractivity contribution >= 4 is 5.91 Å². The summed E-state index contributed by atoms with van der Waals surface area (Å²) in [5, 5.41) is 24.3. The molecule has 0 radical (unpaired) electrons. The minimum atomic E-state index is 0.0966. The lowest BCUT2D eigenvalue weighted by Crippen LogP contribution is -2.38. The Bertz CT molecular complexity index is 364. The quantitative estimate of drug-likeness (QED) is 0.187. The Hall–Kier alpha value is -0.690. The number of hydrogen-bond acceptors (Lipinski definition) is 5. The predicted octanol–water partition coefficient (Wildman–Crippen LogP) is 3.46. The molecule has 0 rings (SSSR count). The molecule has 0 saturated carbocycles. The van der Waals surface area contributed by atoms with E-state index in [1.54, 1.807) is 0 Å². The Balaban J connectivity index is 3.47. The van der Waals surface area contributed by atoms with Gasteiger partial charge in [0.15, 0.2) is 0 Å². The third-order valence-electron chi connectivity index (χ3n) is 5.61. The summed E-state index contributed by atoms with van der Waals surface area (Å²) in [5.41, 5.74) is 0. The lowest BCUT2D eigenvalue weighted by atomic mass is 10.0. The van der Waals surface area contributed by atoms with Crippen molar-refractivity contribution in [2.45, 2.75) is 103 Å². The van der Waals surface area contributed by atoms with E-state index in [2.05, 4.69) is 24.5 Å². The molecular formula is C24H51N3O3. The number of amides is 1. The molecule has 6 heteroatoms. The third-order valence-corrected chi connectivity index (χ3v) is 5.61. The number of nitrogens with zero attached hydrogens (tertiary/aromatic N) is 1. The average molecular weight is 430 g/mol. The van der Waals surface area contributed by atoms with Gasteiger partial charge in [0.25, 0.3) is 0 Å². The van der Waals surface area contributed by atoms with Crippen molar-refractivity contribution < 1.29 is 15.0 Å². The highest BCUT2D eigenvalue weighted by Gasteiger charge is 2.07. The second kappa shape index (κ2) is 23.0. The van der Waals surface area contributed by atoms with Crippen LogP contribution in [0.1, 0.15) is 97.3 Å². The first-order valence-corrected chi connectivity index (χ1v) is 12.6. The number of unbranched alkanes of at least 4 members (excludes halogenated alkanes) is 10. The van der Waals surface area contributed by atoms with Gasteiger partial charge in [0.2, 0.25) is 5.91 Å². The van der Waals surface area contributed by atoms with Gasteiger partial charge in [-0.2, -0.15) is 0 Å². The van der Waals surface area contributed by atoms with E-state index < -0.39 is 0 Å². The van der Waals surface area contributed by atoms with Crippen LogP contribution in [0.4, 0.5) is 0 Å². The van der Waals surface area contributed by atoms with Gasteiger partial charge >= 0.3 is 0 Å². The normalized spacial score (nSPS) is 12.4. The number of rotatable bonds is 23. The molecule has 0 spiro atoms. The lowest BCUT2D eigenvalue weighted by molar-refractivity contribution is -0.121. The molecule has 6 nitrogen and oxygen atoms in total. The average Bonchev–Trinajstić information content (AvgIpc) is 2.72. The van der Waals surface area contributed by atoms with E-state index in [1.807, 2.05) is 4.90 Å². The van der Waals surface area contributed by atoms with Gasteiger partial charge in [0.1, 0.15) is 0 Å². The molecule has 0 aliphatic rings. The number of aliphatic hydroxyl groups is 2. The number of hydrogen-bond donors (Lipinski definition) is 4. The highest BCUT2D eigenvalue weighted by atomic mass is 16.3. The molecule has 0 aliphatic heterocycles. The van der Waals surface area contributed by atoms with Gasteiger partial charge in [0.05, 0.1) is 13.2 Å². The monoisotopic (exact) mass is 429 g/mol. The van der Waals surface area contributed by atoms with Crippen molar-refractivity contribution in [3.63, 3.8) is 0 Å².